The first-order chi connectivity index (χ1) is 19.3. The molecule has 0 saturated heterocycles. The zero-order chi connectivity index (χ0) is 30.2. The molecule has 0 aliphatic rings. The first kappa shape index (κ1) is 32.4. The van der Waals surface area contributed by atoms with Crippen molar-refractivity contribution in [2.45, 2.75) is 58.7 Å². The van der Waals surface area contributed by atoms with Gasteiger partial charge in [0.15, 0.2) is 0 Å². The predicted molar refractivity (Wildman–Crippen MR) is 167 cm³/mol. The highest BCUT2D eigenvalue weighted by atomic mass is 35.5. The van der Waals surface area contributed by atoms with E-state index in [0.717, 1.165) is 17.4 Å². The number of anilines is 1. The normalized spacial score (nSPS) is 12.2. The Morgan fingerprint density at radius 3 is 2.27 bits per heavy atom. The molecule has 3 aromatic carbocycles. The maximum atomic E-state index is 13.9. The van der Waals surface area contributed by atoms with Crippen LogP contribution in [0.3, 0.4) is 0 Å². The van der Waals surface area contributed by atoms with Crippen LogP contribution >= 0.6 is 23.2 Å². The molecule has 0 unspecified atom stereocenters. The number of carbonyl (C=O) groups is 2. The van der Waals surface area contributed by atoms with Crippen LogP contribution < -0.4 is 9.62 Å². The second-order valence-electron chi connectivity index (χ2n) is 10.4. The van der Waals surface area contributed by atoms with Gasteiger partial charge >= 0.3 is 0 Å². The van der Waals surface area contributed by atoms with Gasteiger partial charge in [-0.05, 0) is 68.1 Å². The van der Waals surface area contributed by atoms with Crippen LogP contribution in [0.4, 0.5) is 5.69 Å². The number of carbonyl (C=O) groups excluding carboxylic acids is 2. The zero-order valence-corrected chi connectivity index (χ0v) is 26.1. The number of sulfonamides is 1. The molecule has 1 atom stereocenters. The second-order valence-corrected chi connectivity index (χ2v) is 13.2. The maximum Gasteiger partial charge on any atom is 0.243 e. The van der Waals surface area contributed by atoms with Crippen molar-refractivity contribution in [3.63, 3.8) is 0 Å². The number of aryl methyl sites for hydroxylation is 1. The lowest BCUT2D eigenvalue weighted by atomic mass is 10.0. The third kappa shape index (κ3) is 9.76. The summed E-state index contributed by atoms with van der Waals surface area (Å²) in [5.41, 5.74) is 3.03. The SMILES string of the molecule is Cc1cccc(N(CCCC(=O)N(Cc2ccc(Cl)cc2Cl)[C@H](Cc2ccccc2)C(=O)NC(C)C)S(C)(=O)=O)c1. The molecule has 0 saturated carbocycles. The van der Waals surface area contributed by atoms with Gasteiger partial charge in [-0.15, -0.1) is 0 Å². The fourth-order valence-electron chi connectivity index (χ4n) is 4.56. The molecule has 41 heavy (non-hydrogen) atoms. The molecular formula is C31H37Cl2N3O4S. The van der Waals surface area contributed by atoms with E-state index in [1.54, 1.807) is 36.4 Å². The quantitative estimate of drug-likeness (QED) is 0.254. The van der Waals surface area contributed by atoms with Gasteiger partial charge in [0.2, 0.25) is 21.8 Å². The molecule has 1 N–H and O–H groups in total. The molecule has 7 nitrogen and oxygen atoms in total. The van der Waals surface area contributed by atoms with E-state index in [2.05, 4.69) is 5.32 Å². The molecule has 0 fully saturated rings. The second kappa shape index (κ2) is 14.7. The van der Waals surface area contributed by atoms with Crippen molar-refractivity contribution in [1.29, 1.82) is 0 Å². The van der Waals surface area contributed by atoms with Gasteiger partial charge in [-0.1, -0.05) is 71.7 Å². The summed E-state index contributed by atoms with van der Waals surface area (Å²) in [6, 6.07) is 20.8. The summed E-state index contributed by atoms with van der Waals surface area (Å²) in [7, 11) is -3.58. The van der Waals surface area contributed by atoms with Crippen LogP contribution in [0.1, 0.15) is 43.4 Å². The molecule has 0 aromatic heterocycles. The minimum Gasteiger partial charge on any atom is -0.352 e. The fraction of sp³-hybridized carbons (Fsp3) is 0.355. The molecule has 0 aliphatic carbocycles. The smallest absolute Gasteiger partial charge is 0.243 e. The number of hydrogen-bond donors (Lipinski definition) is 1. The molecule has 0 radical (unpaired) electrons. The number of amides is 2. The Labute approximate surface area is 253 Å². The van der Waals surface area contributed by atoms with Crippen LogP contribution in [0.25, 0.3) is 0 Å². The van der Waals surface area contributed by atoms with Crippen molar-refractivity contribution in [3.05, 3.63) is 99.5 Å². The Morgan fingerprint density at radius 1 is 0.951 bits per heavy atom. The third-order valence-corrected chi connectivity index (χ3v) is 8.28. The molecular weight excluding hydrogens is 581 g/mol. The van der Waals surface area contributed by atoms with Crippen molar-refractivity contribution >= 4 is 50.7 Å². The number of benzene rings is 3. The zero-order valence-electron chi connectivity index (χ0n) is 23.8. The van der Waals surface area contributed by atoms with Crippen molar-refractivity contribution in [3.8, 4) is 0 Å². The van der Waals surface area contributed by atoms with Gasteiger partial charge in [-0.25, -0.2) is 8.42 Å². The summed E-state index contributed by atoms with van der Waals surface area (Å²) in [5, 5.41) is 3.81. The Kier molecular flexibility index (Phi) is 11.6. The Bertz CT molecular complexity index is 1450. The minimum absolute atomic E-state index is 0.0310. The molecule has 0 heterocycles. The van der Waals surface area contributed by atoms with Crippen LogP contribution in [0.2, 0.25) is 10.0 Å². The monoisotopic (exact) mass is 617 g/mol. The molecule has 10 heteroatoms. The number of rotatable bonds is 13. The van der Waals surface area contributed by atoms with Crippen LogP contribution in [0.15, 0.2) is 72.8 Å². The lowest BCUT2D eigenvalue weighted by Crippen LogP contribution is -2.51. The highest BCUT2D eigenvalue weighted by molar-refractivity contribution is 7.92. The van der Waals surface area contributed by atoms with Gasteiger partial charge in [0.25, 0.3) is 0 Å². The van der Waals surface area contributed by atoms with Gasteiger partial charge in [-0.3, -0.25) is 13.9 Å². The first-order valence-electron chi connectivity index (χ1n) is 13.5. The van der Waals surface area contributed by atoms with Crippen LogP contribution in [0.5, 0.6) is 0 Å². The lowest BCUT2D eigenvalue weighted by molar-refractivity contribution is -0.141. The predicted octanol–water partition coefficient (Wildman–Crippen LogP) is 6.01. The van der Waals surface area contributed by atoms with E-state index < -0.39 is 16.1 Å². The van der Waals surface area contributed by atoms with Gasteiger partial charge in [0.1, 0.15) is 6.04 Å². The van der Waals surface area contributed by atoms with Crippen molar-refractivity contribution in [2.75, 3.05) is 17.1 Å². The molecule has 0 spiro atoms. The molecule has 0 bridgehead atoms. The molecule has 2 amide bonds. The summed E-state index contributed by atoms with van der Waals surface area (Å²) in [4.78, 5) is 28.9. The van der Waals surface area contributed by atoms with E-state index in [4.69, 9.17) is 23.2 Å². The van der Waals surface area contributed by atoms with E-state index in [9.17, 15) is 18.0 Å². The van der Waals surface area contributed by atoms with Crippen molar-refractivity contribution < 1.29 is 18.0 Å². The summed E-state index contributed by atoms with van der Waals surface area (Å²) < 4.78 is 26.5. The minimum atomic E-state index is -3.58. The van der Waals surface area contributed by atoms with E-state index in [-0.39, 0.29) is 43.8 Å². The van der Waals surface area contributed by atoms with Crippen LogP contribution in [0, 0.1) is 6.92 Å². The topological polar surface area (TPSA) is 86.8 Å². The molecule has 3 aromatic rings. The largest absolute Gasteiger partial charge is 0.352 e. The van der Waals surface area contributed by atoms with Gasteiger partial charge in [-0.2, -0.15) is 0 Å². The maximum absolute atomic E-state index is 13.9. The van der Waals surface area contributed by atoms with Crippen molar-refractivity contribution in [2.24, 2.45) is 0 Å². The lowest BCUT2D eigenvalue weighted by Gasteiger charge is -2.32. The van der Waals surface area contributed by atoms with Crippen LogP contribution in [-0.4, -0.2) is 50.0 Å². The summed E-state index contributed by atoms with van der Waals surface area (Å²) in [6.45, 7) is 5.83. The Balaban J connectivity index is 1.91. The van der Waals surface area contributed by atoms with Crippen molar-refractivity contribution in [1.82, 2.24) is 10.2 Å². The van der Waals surface area contributed by atoms with E-state index in [1.807, 2.05) is 57.2 Å². The summed E-state index contributed by atoms with van der Waals surface area (Å²) in [6.07, 6.45) is 1.74. The first-order valence-corrected chi connectivity index (χ1v) is 16.1. The van der Waals surface area contributed by atoms with Gasteiger partial charge in [0.05, 0.1) is 11.9 Å². The van der Waals surface area contributed by atoms with E-state index >= 15 is 0 Å². The molecule has 0 aliphatic heterocycles. The van der Waals surface area contributed by atoms with Gasteiger partial charge < -0.3 is 10.2 Å². The van der Waals surface area contributed by atoms with E-state index in [1.165, 1.54) is 9.21 Å². The Hall–Kier alpha value is -3.07. The number of hydrogen-bond acceptors (Lipinski definition) is 4. The molecule has 3 rings (SSSR count). The standard InChI is InChI=1S/C31H37Cl2N3O4S/c1-22(2)34-31(38)29(19-24-11-6-5-7-12-24)35(21-25-15-16-26(32)20-28(25)33)30(37)14-9-17-36(41(4,39)40)27-13-8-10-23(3)18-27/h5-8,10-13,15-16,18,20,22,29H,9,14,17,19,21H2,1-4H3,(H,34,38)/t29-/m1/s1. The fourth-order valence-corrected chi connectivity index (χ4v) is 5.98. The highest BCUT2D eigenvalue weighted by Gasteiger charge is 2.31. The average Bonchev–Trinajstić information content (AvgIpc) is 2.89. The summed E-state index contributed by atoms with van der Waals surface area (Å²) in [5.74, 6) is -0.562. The summed E-state index contributed by atoms with van der Waals surface area (Å²) >= 11 is 12.6. The highest BCUT2D eigenvalue weighted by Crippen LogP contribution is 2.25. The number of nitrogens with zero attached hydrogens (tertiary/aromatic N) is 2. The Morgan fingerprint density at radius 2 is 1.66 bits per heavy atom. The number of halogens is 2. The van der Waals surface area contributed by atoms with E-state index in [0.29, 0.717) is 27.7 Å². The number of nitrogens with one attached hydrogen (secondary N) is 1. The third-order valence-electron chi connectivity index (χ3n) is 6.50. The van der Waals surface area contributed by atoms with Crippen LogP contribution in [-0.2, 0) is 32.6 Å². The average molecular weight is 619 g/mol. The molecule has 220 valence electrons. The van der Waals surface area contributed by atoms with Gasteiger partial charge in [0, 0.05) is 42.0 Å².